The van der Waals surface area contributed by atoms with Crippen LogP contribution in [-0.2, 0) is 19.6 Å². The van der Waals surface area contributed by atoms with E-state index in [1.165, 1.54) is 29.2 Å². The van der Waals surface area contributed by atoms with E-state index in [-0.39, 0.29) is 16.2 Å². The smallest absolute Gasteiger partial charge is 0.300 e. The maximum absolute atomic E-state index is 13.0. The molecule has 1 aliphatic rings. The molecule has 0 aromatic heterocycles. The normalized spacial score (nSPS) is 18.4. The fraction of sp³-hybridized carbons (Fsp3) is 0.0435. The fourth-order valence-corrected chi connectivity index (χ4v) is 4.11. The average Bonchev–Trinajstić information content (AvgIpc) is 3.04. The first-order valence-electron chi connectivity index (χ1n) is 9.33. The summed E-state index contributed by atoms with van der Waals surface area (Å²) in [6.07, 6.45) is 0. The third-order valence-electron chi connectivity index (χ3n) is 5.05. The molecule has 8 heteroatoms. The molecule has 4 rings (SSSR count). The minimum absolute atomic E-state index is 0.0436. The van der Waals surface area contributed by atoms with Crippen molar-refractivity contribution in [2.24, 2.45) is 5.14 Å². The molecule has 1 saturated heterocycles. The van der Waals surface area contributed by atoms with Gasteiger partial charge in [0.1, 0.15) is 5.76 Å². The van der Waals surface area contributed by atoms with Crippen LogP contribution in [0.4, 0.5) is 5.69 Å². The molecule has 3 N–H and O–H groups in total. The highest BCUT2D eigenvalue weighted by Crippen LogP contribution is 2.42. The molecule has 0 spiro atoms. The van der Waals surface area contributed by atoms with Gasteiger partial charge in [-0.1, -0.05) is 60.7 Å². The number of nitrogens with zero attached hydrogens (tertiary/aromatic N) is 1. The summed E-state index contributed by atoms with van der Waals surface area (Å²) in [6.45, 7) is 0. The molecule has 156 valence electrons. The average molecular weight is 434 g/mol. The number of sulfonamides is 1. The monoisotopic (exact) mass is 434 g/mol. The van der Waals surface area contributed by atoms with Crippen LogP contribution in [0.5, 0.6) is 0 Å². The van der Waals surface area contributed by atoms with Gasteiger partial charge in [-0.3, -0.25) is 14.5 Å². The van der Waals surface area contributed by atoms with Gasteiger partial charge >= 0.3 is 0 Å². The zero-order valence-corrected chi connectivity index (χ0v) is 17.0. The van der Waals surface area contributed by atoms with E-state index in [1.807, 2.05) is 0 Å². The van der Waals surface area contributed by atoms with E-state index in [1.54, 1.807) is 60.7 Å². The van der Waals surface area contributed by atoms with Gasteiger partial charge < -0.3 is 5.11 Å². The molecule has 0 saturated carbocycles. The molecule has 31 heavy (non-hydrogen) atoms. The van der Waals surface area contributed by atoms with E-state index in [2.05, 4.69) is 0 Å². The third kappa shape index (κ3) is 3.74. The summed E-state index contributed by atoms with van der Waals surface area (Å²) in [5.74, 6) is -1.93. The molecular formula is C23H18N2O5S. The van der Waals surface area contributed by atoms with Crippen LogP contribution in [0, 0.1) is 0 Å². The highest BCUT2D eigenvalue weighted by atomic mass is 32.2. The molecule has 1 amide bonds. The Balaban J connectivity index is 1.91. The van der Waals surface area contributed by atoms with Crippen molar-refractivity contribution < 1.29 is 23.1 Å². The van der Waals surface area contributed by atoms with E-state index in [0.29, 0.717) is 16.8 Å². The predicted molar refractivity (Wildman–Crippen MR) is 115 cm³/mol. The number of aliphatic hydroxyl groups is 1. The molecular weight excluding hydrogens is 416 g/mol. The molecule has 0 bridgehead atoms. The van der Waals surface area contributed by atoms with Crippen LogP contribution < -0.4 is 10.0 Å². The Bertz CT molecular complexity index is 1280. The molecule has 3 aromatic rings. The van der Waals surface area contributed by atoms with Gasteiger partial charge in [0.2, 0.25) is 10.0 Å². The van der Waals surface area contributed by atoms with Crippen molar-refractivity contribution in [2.45, 2.75) is 10.9 Å². The Morgan fingerprint density at radius 1 is 0.839 bits per heavy atom. The number of primary sulfonamides is 1. The number of hydrogen-bond acceptors (Lipinski definition) is 5. The molecule has 1 fully saturated rings. The molecule has 1 heterocycles. The number of amides is 1. The van der Waals surface area contributed by atoms with E-state index in [0.717, 1.165) is 0 Å². The number of anilines is 1. The maximum atomic E-state index is 13.0. The van der Waals surface area contributed by atoms with E-state index >= 15 is 0 Å². The van der Waals surface area contributed by atoms with Gasteiger partial charge in [-0.15, -0.1) is 0 Å². The minimum atomic E-state index is -3.91. The van der Waals surface area contributed by atoms with Crippen molar-refractivity contribution >= 4 is 33.2 Å². The first-order chi connectivity index (χ1) is 14.8. The lowest BCUT2D eigenvalue weighted by atomic mass is 9.95. The topological polar surface area (TPSA) is 118 Å². The van der Waals surface area contributed by atoms with Crippen LogP contribution >= 0.6 is 0 Å². The SMILES string of the molecule is NS(=O)(=O)c1ccc(N2C(=O)C(=O)/C(=C(/O)c3ccccc3)[C@H]2c2ccccc2)cc1. The zero-order chi connectivity index (χ0) is 22.2. The highest BCUT2D eigenvalue weighted by Gasteiger charge is 2.46. The fourth-order valence-electron chi connectivity index (χ4n) is 3.60. The van der Waals surface area contributed by atoms with Crippen LogP contribution in [0.2, 0.25) is 0 Å². The number of aliphatic hydroxyl groups excluding tert-OH is 1. The molecule has 7 nitrogen and oxygen atoms in total. The highest BCUT2D eigenvalue weighted by molar-refractivity contribution is 7.89. The van der Waals surface area contributed by atoms with Crippen LogP contribution in [0.25, 0.3) is 5.76 Å². The second kappa shape index (κ2) is 7.82. The van der Waals surface area contributed by atoms with Crippen molar-refractivity contribution in [1.29, 1.82) is 0 Å². The first-order valence-corrected chi connectivity index (χ1v) is 10.9. The van der Waals surface area contributed by atoms with Gasteiger partial charge in [0.05, 0.1) is 16.5 Å². The standard InChI is InChI=1S/C23H18N2O5S/c24-31(29,30)18-13-11-17(12-14-18)25-20(15-7-3-1-4-8-15)19(22(27)23(25)28)21(26)16-9-5-2-6-10-16/h1-14,20,26H,(H2,24,29,30)/b21-19+/t20-/m1/s1. The number of nitrogens with two attached hydrogens (primary N) is 1. The Labute approximate surface area is 179 Å². The van der Waals surface area contributed by atoms with Crippen LogP contribution in [0.1, 0.15) is 17.2 Å². The van der Waals surface area contributed by atoms with Gasteiger partial charge in [0.25, 0.3) is 11.7 Å². The molecule has 0 unspecified atom stereocenters. The molecule has 0 aliphatic carbocycles. The second-order valence-electron chi connectivity index (χ2n) is 6.98. The molecule has 0 radical (unpaired) electrons. The molecule has 1 atom stereocenters. The van der Waals surface area contributed by atoms with Crippen LogP contribution in [0.3, 0.4) is 0 Å². The summed E-state index contributed by atoms with van der Waals surface area (Å²) in [4.78, 5) is 27.1. The quantitative estimate of drug-likeness (QED) is 0.372. The van der Waals surface area contributed by atoms with Crippen molar-refractivity contribution in [2.75, 3.05) is 4.90 Å². The van der Waals surface area contributed by atoms with Crippen molar-refractivity contribution in [3.8, 4) is 0 Å². The Morgan fingerprint density at radius 2 is 1.39 bits per heavy atom. The van der Waals surface area contributed by atoms with Crippen LogP contribution in [-0.4, -0.2) is 25.2 Å². The number of ketones is 1. The second-order valence-corrected chi connectivity index (χ2v) is 8.55. The van der Waals surface area contributed by atoms with Gasteiger partial charge in [0, 0.05) is 11.3 Å². The Kier molecular flexibility index (Phi) is 5.18. The summed E-state index contributed by atoms with van der Waals surface area (Å²) < 4.78 is 23.1. The summed E-state index contributed by atoms with van der Waals surface area (Å²) in [7, 11) is -3.91. The molecule has 1 aliphatic heterocycles. The minimum Gasteiger partial charge on any atom is -0.507 e. The van der Waals surface area contributed by atoms with E-state index < -0.39 is 27.8 Å². The lowest BCUT2D eigenvalue weighted by Gasteiger charge is -2.25. The summed E-state index contributed by atoms with van der Waals surface area (Å²) in [5.41, 5.74) is 1.29. The number of Topliss-reactive ketones (excluding diaryl/α,β-unsaturated/α-hetero) is 1. The van der Waals surface area contributed by atoms with Crippen molar-refractivity contribution in [3.63, 3.8) is 0 Å². The van der Waals surface area contributed by atoms with Crippen molar-refractivity contribution in [3.05, 3.63) is 102 Å². The number of carbonyl (C=O) groups is 2. The Morgan fingerprint density at radius 3 is 1.94 bits per heavy atom. The van der Waals surface area contributed by atoms with Crippen LogP contribution in [0.15, 0.2) is 95.4 Å². The predicted octanol–water partition coefficient (Wildman–Crippen LogP) is 2.96. The van der Waals surface area contributed by atoms with Gasteiger partial charge in [-0.2, -0.15) is 0 Å². The maximum Gasteiger partial charge on any atom is 0.300 e. The van der Waals surface area contributed by atoms with Gasteiger partial charge in [0.15, 0.2) is 0 Å². The first kappa shape index (κ1) is 20.5. The Hall–Kier alpha value is -3.75. The summed E-state index contributed by atoms with van der Waals surface area (Å²) >= 11 is 0. The van der Waals surface area contributed by atoms with E-state index in [9.17, 15) is 23.1 Å². The third-order valence-corrected chi connectivity index (χ3v) is 5.98. The summed E-state index contributed by atoms with van der Waals surface area (Å²) in [6, 6.07) is 21.8. The summed E-state index contributed by atoms with van der Waals surface area (Å²) in [5, 5.41) is 16.1. The largest absolute Gasteiger partial charge is 0.507 e. The number of carbonyl (C=O) groups excluding carboxylic acids is 2. The lowest BCUT2D eigenvalue weighted by Crippen LogP contribution is -2.29. The lowest BCUT2D eigenvalue weighted by molar-refractivity contribution is -0.132. The number of hydrogen-bond donors (Lipinski definition) is 2. The number of benzene rings is 3. The van der Waals surface area contributed by atoms with Crippen molar-refractivity contribution in [1.82, 2.24) is 0 Å². The van der Waals surface area contributed by atoms with Gasteiger partial charge in [-0.25, -0.2) is 13.6 Å². The van der Waals surface area contributed by atoms with Gasteiger partial charge in [-0.05, 0) is 29.8 Å². The van der Waals surface area contributed by atoms with E-state index in [4.69, 9.17) is 5.14 Å². The zero-order valence-electron chi connectivity index (χ0n) is 16.2. The number of rotatable bonds is 4. The molecule has 3 aromatic carbocycles.